The summed E-state index contributed by atoms with van der Waals surface area (Å²) in [6.07, 6.45) is 3.28. The van der Waals surface area contributed by atoms with Gasteiger partial charge in [-0.1, -0.05) is 18.3 Å². The van der Waals surface area contributed by atoms with Gasteiger partial charge in [0.05, 0.1) is 19.2 Å². The van der Waals surface area contributed by atoms with Crippen LogP contribution < -0.4 is 14.8 Å². The zero-order chi connectivity index (χ0) is 13.0. The summed E-state index contributed by atoms with van der Waals surface area (Å²) in [6, 6.07) is 6.09. The van der Waals surface area contributed by atoms with E-state index in [-0.39, 0.29) is 0 Å². The summed E-state index contributed by atoms with van der Waals surface area (Å²) in [6.45, 7) is 1.02. The molecule has 1 unspecified atom stereocenters. The lowest BCUT2D eigenvalue weighted by molar-refractivity contribution is 0.354. The fourth-order valence-corrected chi connectivity index (χ4v) is 2.64. The molecule has 1 saturated heterocycles. The first-order chi connectivity index (χ1) is 8.74. The highest BCUT2D eigenvalue weighted by molar-refractivity contribution is 7.80. The van der Waals surface area contributed by atoms with Gasteiger partial charge in [0.25, 0.3) is 0 Å². The molecule has 1 heterocycles. The van der Waals surface area contributed by atoms with Gasteiger partial charge in [-0.3, -0.25) is 0 Å². The van der Waals surface area contributed by atoms with Crippen LogP contribution in [-0.4, -0.2) is 25.8 Å². The molecular weight excluding hydrogens is 246 g/mol. The van der Waals surface area contributed by atoms with Gasteiger partial charge in [-0.05, 0) is 37.0 Å². The van der Waals surface area contributed by atoms with Crippen LogP contribution in [0.5, 0.6) is 11.5 Å². The molecular formula is C14H19NO2S. The van der Waals surface area contributed by atoms with Crippen LogP contribution in [0.25, 0.3) is 0 Å². The number of hydrogen-bond donors (Lipinski definition) is 1. The summed E-state index contributed by atoms with van der Waals surface area (Å²) in [5, 5.41) is 3.23. The molecule has 0 spiro atoms. The predicted molar refractivity (Wildman–Crippen MR) is 76.6 cm³/mol. The van der Waals surface area contributed by atoms with Crippen LogP contribution in [0, 0.1) is 5.92 Å². The molecule has 4 heteroatoms. The quantitative estimate of drug-likeness (QED) is 0.829. The number of hydrogen-bond acceptors (Lipinski definition) is 3. The predicted octanol–water partition coefficient (Wildman–Crippen LogP) is 2.57. The molecule has 0 aliphatic carbocycles. The maximum absolute atomic E-state index is 5.31. The van der Waals surface area contributed by atoms with Crippen LogP contribution in [0.2, 0.25) is 0 Å². The van der Waals surface area contributed by atoms with Crippen LogP contribution in [-0.2, 0) is 6.42 Å². The van der Waals surface area contributed by atoms with Gasteiger partial charge in [-0.15, -0.1) is 0 Å². The lowest BCUT2D eigenvalue weighted by Gasteiger charge is -2.11. The van der Waals surface area contributed by atoms with Crippen molar-refractivity contribution in [3.8, 4) is 11.5 Å². The summed E-state index contributed by atoms with van der Waals surface area (Å²) in [4.78, 5) is 1.02. The lowest BCUT2D eigenvalue weighted by Crippen LogP contribution is -2.17. The zero-order valence-electron chi connectivity index (χ0n) is 10.9. The first kappa shape index (κ1) is 13.1. The zero-order valence-corrected chi connectivity index (χ0v) is 11.7. The summed E-state index contributed by atoms with van der Waals surface area (Å²) >= 11 is 5.29. The molecule has 0 radical (unpaired) electrons. The highest BCUT2D eigenvalue weighted by Crippen LogP contribution is 2.28. The van der Waals surface area contributed by atoms with E-state index < -0.39 is 0 Å². The van der Waals surface area contributed by atoms with Crippen LogP contribution in [0.1, 0.15) is 18.4 Å². The fraction of sp³-hybridized carbons (Fsp3) is 0.500. The molecule has 1 aromatic rings. The Morgan fingerprint density at radius 2 is 2.06 bits per heavy atom. The second kappa shape index (κ2) is 6.05. The van der Waals surface area contributed by atoms with Gasteiger partial charge < -0.3 is 14.8 Å². The summed E-state index contributed by atoms with van der Waals surface area (Å²) in [5.74, 6) is 2.11. The maximum atomic E-state index is 5.31. The number of rotatable bonds is 5. The van der Waals surface area contributed by atoms with Crippen LogP contribution in [0.4, 0.5) is 0 Å². The normalized spacial score (nSPS) is 18.6. The first-order valence-corrected chi connectivity index (χ1v) is 6.64. The minimum absolute atomic E-state index is 0.535. The smallest absolute Gasteiger partial charge is 0.160 e. The Morgan fingerprint density at radius 3 is 2.67 bits per heavy atom. The highest BCUT2D eigenvalue weighted by atomic mass is 32.1. The molecule has 18 heavy (non-hydrogen) atoms. The van der Waals surface area contributed by atoms with Gasteiger partial charge in [0, 0.05) is 12.5 Å². The van der Waals surface area contributed by atoms with Crippen molar-refractivity contribution in [1.82, 2.24) is 5.32 Å². The molecule has 1 atom stereocenters. The molecule has 0 aromatic heterocycles. The van der Waals surface area contributed by atoms with Crippen molar-refractivity contribution >= 4 is 17.2 Å². The third-order valence-electron chi connectivity index (χ3n) is 3.39. The molecule has 0 amide bonds. The SMILES string of the molecule is COc1ccc(CCC2CCNC2=S)cc1OC. The second-order valence-corrected chi connectivity index (χ2v) is 4.94. The molecule has 0 bridgehead atoms. The minimum Gasteiger partial charge on any atom is -0.493 e. The van der Waals surface area contributed by atoms with E-state index in [0.29, 0.717) is 5.92 Å². The molecule has 2 rings (SSSR count). The lowest BCUT2D eigenvalue weighted by atomic mass is 9.98. The van der Waals surface area contributed by atoms with E-state index in [1.807, 2.05) is 12.1 Å². The van der Waals surface area contributed by atoms with Crippen molar-refractivity contribution in [3.63, 3.8) is 0 Å². The number of ether oxygens (including phenoxy) is 2. The molecule has 0 saturated carbocycles. The molecule has 1 aliphatic heterocycles. The monoisotopic (exact) mass is 265 g/mol. The minimum atomic E-state index is 0.535. The van der Waals surface area contributed by atoms with Gasteiger partial charge >= 0.3 is 0 Å². The Kier molecular flexibility index (Phi) is 4.42. The molecule has 3 nitrogen and oxygen atoms in total. The molecule has 98 valence electrons. The average Bonchev–Trinajstić information content (AvgIpc) is 2.81. The van der Waals surface area contributed by atoms with E-state index in [9.17, 15) is 0 Å². The van der Waals surface area contributed by atoms with Crippen molar-refractivity contribution in [1.29, 1.82) is 0 Å². The van der Waals surface area contributed by atoms with Gasteiger partial charge in [0.15, 0.2) is 11.5 Å². The fourth-order valence-electron chi connectivity index (χ4n) is 2.30. The van der Waals surface area contributed by atoms with Crippen molar-refractivity contribution in [2.24, 2.45) is 5.92 Å². The highest BCUT2D eigenvalue weighted by Gasteiger charge is 2.20. The third kappa shape index (κ3) is 2.93. The first-order valence-electron chi connectivity index (χ1n) is 6.23. The van der Waals surface area contributed by atoms with E-state index in [0.717, 1.165) is 42.3 Å². The van der Waals surface area contributed by atoms with Gasteiger partial charge in [-0.2, -0.15) is 0 Å². The Labute approximate surface area is 113 Å². The van der Waals surface area contributed by atoms with Crippen molar-refractivity contribution < 1.29 is 9.47 Å². The number of aryl methyl sites for hydroxylation is 1. The number of methoxy groups -OCH3 is 2. The van der Waals surface area contributed by atoms with E-state index in [1.54, 1.807) is 14.2 Å². The van der Waals surface area contributed by atoms with Gasteiger partial charge in [0.1, 0.15) is 0 Å². The topological polar surface area (TPSA) is 30.5 Å². The largest absolute Gasteiger partial charge is 0.493 e. The summed E-state index contributed by atoms with van der Waals surface area (Å²) in [7, 11) is 3.32. The Morgan fingerprint density at radius 1 is 1.28 bits per heavy atom. The van der Waals surface area contributed by atoms with E-state index in [4.69, 9.17) is 21.7 Å². The van der Waals surface area contributed by atoms with Crippen LogP contribution in [0.3, 0.4) is 0 Å². The second-order valence-electron chi connectivity index (χ2n) is 4.50. The molecule has 1 N–H and O–H groups in total. The van der Waals surface area contributed by atoms with E-state index in [1.165, 1.54) is 5.56 Å². The van der Waals surface area contributed by atoms with Gasteiger partial charge in [-0.25, -0.2) is 0 Å². The Bertz CT molecular complexity index is 434. The molecule has 1 aromatic carbocycles. The average molecular weight is 265 g/mol. The van der Waals surface area contributed by atoms with E-state index in [2.05, 4.69) is 11.4 Å². The Balaban J connectivity index is 1.99. The third-order valence-corrected chi connectivity index (χ3v) is 3.87. The van der Waals surface area contributed by atoms with Gasteiger partial charge in [0.2, 0.25) is 0 Å². The number of nitrogens with one attached hydrogen (secondary N) is 1. The van der Waals surface area contributed by atoms with E-state index >= 15 is 0 Å². The van der Waals surface area contributed by atoms with Crippen LogP contribution in [0.15, 0.2) is 18.2 Å². The Hall–Kier alpha value is -1.29. The maximum Gasteiger partial charge on any atom is 0.160 e. The van der Waals surface area contributed by atoms with Crippen LogP contribution >= 0.6 is 12.2 Å². The van der Waals surface area contributed by atoms with Crippen molar-refractivity contribution in [3.05, 3.63) is 23.8 Å². The van der Waals surface area contributed by atoms with Crippen molar-refractivity contribution in [2.75, 3.05) is 20.8 Å². The molecule has 1 fully saturated rings. The summed E-state index contributed by atoms with van der Waals surface area (Å²) < 4.78 is 10.5. The standard InChI is InChI=1S/C14H19NO2S/c1-16-12-6-4-10(9-13(12)17-2)3-5-11-7-8-15-14(11)18/h4,6,9,11H,3,5,7-8H2,1-2H3,(H,15,18). The number of thiocarbonyl (C=S) groups is 1. The number of benzene rings is 1. The molecule has 1 aliphatic rings. The summed E-state index contributed by atoms with van der Waals surface area (Å²) in [5.41, 5.74) is 1.27. The van der Waals surface area contributed by atoms with Crippen molar-refractivity contribution in [2.45, 2.75) is 19.3 Å².